The molecule has 0 saturated carbocycles. The van der Waals surface area contributed by atoms with Crippen molar-refractivity contribution >= 4 is 59.9 Å². The number of hydrogen-bond donors (Lipinski definition) is 2. The van der Waals surface area contributed by atoms with E-state index < -0.39 is 10.0 Å². The van der Waals surface area contributed by atoms with Gasteiger partial charge in [0.15, 0.2) is 5.13 Å². The standard InChI is InChI=1S/C17H16ClN3O3S2/c1-9-7-12(8-14-16(9)20-17(25-14)19-11(3)22)21-26(23,24)15-6-4-5-13(18)10(15)2/h4-8,21H,1-3H3,(H,19,20,22). The number of benzene rings is 2. The minimum Gasteiger partial charge on any atom is -0.302 e. The number of nitrogens with one attached hydrogen (secondary N) is 2. The normalized spacial score (nSPS) is 11.5. The fourth-order valence-corrected chi connectivity index (χ4v) is 5.12. The second kappa shape index (κ2) is 6.86. The van der Waals surface area contributed by atoms with Crippen LogP contribution in [0.1, 0.15) is 18.1 Å². The van der Waals surface area contributed by atoms with Crippen LogP contribution in [0.15, 0.2) is 35.2 Å². The van der Waals surface area contributed by atoms with Gasteiger partial charge < -0.3 is 5.32 Å². The number of amides is 1. The Morgan fingerprint density at radius 1 is 1.23 bits per heavy atom. The number of sulfonamides is 1. The number of rotatable bonds is 4. The predicted molar refractivity (Wildman–Crippen MR) is 106 cm³/mol. The van der Waals surface area contributed by atoms with Crippen LogP contribution in [0.4, 0.5) is 10.8 Å². The summed E-state index contributed by atoms with van der Waals surface area (Å²) in [6.45, 7) is 4.90. The molecule has 0 aliphatic carbocycles. The molecule has 0 fully saturated rings. The molecule has 0 atom stereocenters. The number of carbonyl (C=O) groups is 1. The van der Waals surface area contributed by atoms with Crippen LogP contribution < -0.4 is 10.0 Å². The van der Waals surface area contributed by atoms with E-state index in [1.807, 2.05) is 6.92 Å². The summed E-state index contributed by atoms with van der Waals surface area (Å²) in [4.78, 5) is 15.7. The molecule has 0 unspecified atom stereocenters. The lowest BCUT2D eigenvalue weighted by atomic mass is 10.2. The van der Waals surface area contributed by atoms with Gasteiger partial charge in [0.25, 0.3) is 10.0 Å². The molecule has 0 aliphatic rings. The highest BCUT2D eigenvalue weighted by molar-refractivity contribution is 7.92. The van der Waals surface area contributed by atoms with Crippen molar-refractivity contribution < 1.29 is 13.2 Å². The van der Waals surface area contributed by atoms with Crippen molar-refractivity contribution in [3.05, 3.63) is 46.5 Å². The van der Waals surface area contributed by atoms with Crippen LogP contribution in [0.25, 0.3) is 10.2 Å². The van der Waals surface area contributed by atoms with Crippen molar-refractivity contribution in [2.45, 2.75) is 25.7 Å². The molecule has 136 valence electrons. The zero-order valence-corrected chi connectivity index (χ0v) is 16.6. The van der Waals surface area contributed by atoms with Gasteiger partial charge in [-0.2, -0.15) is 0 Å². The van der Waals surface area contributed by atoms with Crippen LogP contribution in [0, 0.1) is 13.8 Å². The molecule has 9 heteroatoms. The summed E-state index contributed by atoms with van der Waals surface area (Å²) >= 11 is 7.32. The van der Waals surface area contributed by atoms with Crippen molar-refractivity contribution in [2.75, 3.05) is 10.0 Å². The second-order valence-electron chi connectivity index (χ2n) is 5.81. The number of halogens is 1. The number of hydrogen-bond acceptors (Lipinski definition) is 5. The summed E-state index contributed by atoms with van der Waals surface area (Å²) in [5.74, 6) is -0.209. The zero-order valence-electron chi connectivity index (χ0n) is 14.3. The summed E-state index contributed by atoms with van der Waals surface area (Å²) in [6.07, 6.45) is 0. The first-order valence-corrected chi connectivity index (χ1v) is 10.3. The molecule has 1 aromatic heterocycles. The third kappa shape index (κ3) is 3.67. The van der Waals surface area contributed by atoms with Crippen LogP contribution in [-0.4, -0.2) is 19.3 Å². The van der Waals surface area contributed by atoms with E-state index in [-0.39, 0.29) is 10.8 Å². The van der Waals surface area contributed by atoms with E-state index in [1.165, 1.54) is 24.3 Å². The van der Waals surface area contributed by atoms with Crippen LogP contribution in [0.2, 0.25) is 5.02 Å². The first-order valence-electron chi connectivity index (χ1n) is 7.64. The zero-order chi connectivity index (χ0) is 19.1. The Kier molecular flexibility index (Phi) is 4.92. The molecule has 2 N–H and O–H groups in total. The van der Waals surface area contributed by atoms with E-state index >= 15 is 0 Å². The lowest BCUT2D eigenvalue weighted by molar-refractivity contribution is -0.114. The van der Waals surface area contributed by atoms with Crippen LogP contribution in [0.5, 0.6) is 0 Å². The number of aromatic nitrogens is 1. The Balaban J connectivity index is 2.00. The van der Waals surface area contributed by atoms with E-state index in [4.69, 9.17) is 11.6 Å². The van der Waals surface area contributed by atoms with Crippen LogP contribution in [-0.2, 0) is 14.8 Å². The first kappa shape index (κ1) is 18.6. The highest BCUT2D eigenvalue weighted by atomic mass is 35.5. The number of carbonyl (C=O) groups excluding carboxylic acids is 1. The highest BCUT2D eigenvalue weighted by Gasteiger charge is 2.19. The minimum absolute atomic E-state index is 0.131. The van der Waals surface area contributed by atoms with E-state index in [0.717, 1.165) is 15.8 Å². The van der Waals surface area contributed by atoms with Gasteiger partial charge in [0.2, 0.25) is 5.91 Å². The number of nitrogens with zero attached hydrogens (tertiary/aromatic N) is 1. The van der Waals surface area contributed by atoms with Crippen molar-refractivity contribution in [3.8, 4) is 0 Å². The lowest BCUT2D eigenvalue weighted by Gasteiger charge is -2.12. The maximum absolute atomic E-state index is 12.7. The fraction of sp³-hybridized carbons (Fsp3) is 0.176. The first-order chi connectivity index (χ1) is 12.2. The molecular formula is C17H16ClN3O3S2. The highest BCUT2D eigenvalue weighted by Crippen LogP contribution is 2.32. The van der Waals surface area contributed by atoms with Gasteiger partial charge in [0.05, 0.1) is 20.8 Å². The Bertz CT molecular complexity index is 1120. The van der Waals surface area contributed by atoms with E-state index in [9.17, 15) is 13.2 Å². The maximum Gasteiger partial charge on any atom is 0.262 e. The SMILES string of the molecule is CC(=O)Nc1nc2c(C)cc(NS(=O)(=O)c3cccc(Cl)c3C)cc2s1. The molecule has 6 nitrogen and oxygen atoms in total. The second-order valence-corrected chi connectivity index (χ2v) is 8.90. The fourth-order valence-electron chi connectivity index (χ4n) is 2.55. The molecule has 26 heavy (non-hydrogen) atoms. The molecule has 2 aromatic carbocycles. The maximum atomic E-state index is 12.7. The van der Waals surface area contributed by atoms with Crippen molar-refractivity contribution in [1.29, 1.82) is 0 Å². The molecule has 1 heterocycles. The average molecular weight is 410 g/mol. The molecule has 1 amide bonds. The molecule has 3 aromatic rings. The van der Waals surface area contributed by atoms with Gasteiger partial charge in [-0.1, -0.05) is 29.0 Å². The number of fused-ring (bicyclic) bond motifs is 1. The molecular weight excluding hydrogens is 394 g/mol. The van der Waals surface area contributed by atoms with Gasteiger partial charge >= 0.3 is 0 Å². The van der Waals surface area contributed by atoms with Crippen molar-refractivity contribution in [1.82, 2.24) is 4.98 Å². The average Bonchev–Trinajstić information content (AvgIpc) is 2.91. The van der Waals surface area contributed by atoms with Gasteiger partial charge in [-0.05, 0) is 49.2 Å². The van der Waals surface area contributed by atoms with Crippen molar-refractivity contribution in [2.24, 2.45) is 0 Å². The Labute approximate surface area is 160 Å². The van der Waals surface area contributed by atoms with Gasteiger partial charge in [-0.15, -0.1) is 0 Å². The van der Waals surface area contributed by atoms with Crippen molar-refractivity contribution in [3.63, 3.8) is 0 Å². The summed E-state index contributed by atoms with van der Waals surface area (Å²) in [5, 5.41) is 3.51. The van der Waals surface area contributed by atoms with Gasteiger partial charge in [0, 0.05) is 11.9 Å². The molecule has 0 spiro atoms. The Hall–Kier alpha value is -2.16. The number of aryl methyl sites for hydroxylation is 1. The Morgan fingerprint density at radius 2 is 1.96 bits per heavy atom. The van der Waals surface area contributed by atoms with Gasteiger partial charge in [0.1, 0.15) is 0 Å². The third-order valence-corrected chi connectivity index (χ3v) is 6.58. The van der Waals surface area contributed by atoms with Crippen LogP contribution >= 0.6 is 22.9 Å². The molecule has 0 bridgehead atoms. The summed E-state index contributed by atoms with van der Waals surface area (Å²) in [7, 11) is -3.78. The van der Waals surface area contributed by atoms with Crippen LogP contribution in [0.3, 0.4) is 0 Å². The quantitative estimate of drug-likeness (QED) is 0.671. The number of anilines is 2. The number of thiazole rings is 1. The predicted octanol–water partition coefficient (Wildman–Crippen LogP) is 4.33. The molecule has 3 rings (SSSR count). The van der Waals surface area contributed by atoms with Gasteiger partial charge in [-0.25, -0.2) is 13.4 Å². The smallest absolute Gasteiger partial charge is 0.262 e. The molecule has 0 saturated heterocycles. The molecule has 0 radical (unpaired) electrons. The van der Waals surface area contributed by atoms with E-state index in [0.29, 0.717) is 21.4 Å². The Morgan fingerprint density at radius 3 is 2.65 bits per heavy atom. The summed E-state index contributed by atoms with van der Waals surface area (Å²) in [6, 6.07) is 8.16. The van der Waals surface area contributed by atoms with E-state index in [2.05, 4.69) is 15.0 Å². The molecule has 0 aliphatic heterocycles. The van der Waals surface area contributed by atoms with E-state index in [1.54, 1.807) is 31.2 Å². The summed E-state index contributed by atoms with van der Waals surface area (Å²) < 4.78 is 28.8. The topological polar surface area (TPSA) is 88.2 Å². The minimum atomic E-state index is -3.78. The monoisotopic (exact) mass is 409 g/mol. The lowest BCUT2D eigenvalue weighted by Crippen LogP contribution is -2.14. The largest absolute Gasteiger partial charge is 0.302 e. The third-order valence-electron chi connectivity index (χ3n) is 3.73. The van der Waals surface area contributed by atoms with Gasteiger partial charge in [-0.3, -0.25) is 9.52 Å². The summed E-state index contributed by atoms with van der Waals surface area (Å²) in [5.41, 5.74) is 2.44.